The molecule has 0 saturated heterocycles. The minimum Gasteiger partial charge on any atom is -0.549 e. The Kier molecular flexibility index (Phi) is 20.4. The molecule has 0 bridgehead atoms. The van der Waals surface area contributed by atoms with Crippen LogP contribution >= 0.6 is 0 Å². The topological polar surface area (TPSA) is 80.3 Å². The number of aliphatic carboxylic acids is 2. The fourth-order valence-corrected chi connectivity index (χ4v) is 2.25. The van der Waals surface area contributed by atoms with E-state index in [1.807, 2.05) is 0 Å². The summed E-state index contributed by atoms with van der Waals surface area (Å²) in [7, 11) is 0. The molecule has 0 aliphatic carbocycles. The average molecular weight is 314 g/mol. The van der Waals surface area contributed by atoms with E-state index in [0.717, 1.165) is 19.3 Å². The molecule has 22 heavy (non-hydrogen) atoms. The van der Waals surface area contributed by atoms with E-state index in [1.54, 1.807) is 0 Å². The Bertz CT molecular complexity index is 284. The van der Waals surface area contributed by atoms with Crippen LogP contribution in [0.3, 0.4) is 0 Å². The van der Waals surface area contributed by atoms with Crippen molar-refractivity contribution in [3.63, 3.8) is 0 Å². The van der Waals surface area contributed by atoms with Crippen molar-refractivity contribution in [1.29, 1.82) is 0 Å². The number of carbonyl (C=O) groups excluding carboxylic acids is 2. The van der Waals surface area contributed by atoms with Crippen LogP contribution in [0.4, 0.5) is 0 Å². The van der Waals surface area contributed by atoms with Gasteiger partial charge in [-0.15, -0.1) is 0 Å². The van der Waals surface area contributed by atoms with Gasteiger partial charge in [0.05, 0.1) is 11.9 Å². The van der Waals surface area contributed by atoms with E-state index in [-0.39, 0.29) is 54.8 Å². The Morgan fingerprint density at radius 1 is 0.773 bits per heavy atom. The molecule has 0 amide bonds. The van der Waals surface area contributed by atoms with Crippen molar-refractivity contribution in [3.8, 4) is 0 Å². The van der Waals surface area contributed by atoms with Gasteiger partial charge < -0.3 is 19.8 Å². The number of hydrogen-bond donors (Lipinski definition) is 0. The number of hydrogen-bond acceptors (Lipinski definition) is 4. The van der Waals surface area contributed by atoms with Crippen molar-refractivity contribution in [2.24, 2.45) is 5.41 Å². The Morgan fingerprint density at radius 3 is 1.41 bits per heavy atom. The van der Waals surface area contributed by atoms with Gasteiger partial charge in [-0.05, 0) is 13.3 Å². The van der Waals surface area contributed by atoms with Gasteiger partial charge in [0, 0.05) is 5.41 Å². The van der Waals surface area contributed by atoms with Crippen LogP contribution in [0.5, 0.6) is 0 Å². The summed E-state index contributed by atoms with van der Waals surface area (Å²) in [4.78, 5) is 21.6. The van der Waals surface area contributed by atoms with Crippen LogP contribution in [0.15, 0.2) is 0 Å². The van der Waals surface area contributed by atoms with E-state index in [0.29, 0.717) is 6.42 Å². The third-order valence-corrected chi connectivity index (χ3v) is 3.93. The van der Waals surface area contributed by atoms with Crippen molar-refractivity contribution in [1.82, 2.24) is 0 Å². The fourth-order valence-electron chi connectivity index (χ4n) is 2.25. The maximum Gasteiger partial charge on any atom is 1.00 e. The zero-order valence-corrected chi connectivity index (χ0v) is 16.9. The molecule has 0 aliphatic heterocycles. The molecule has 0 heterocycles. The minimum atomic E-state index is -1.85. The zero-order valence-electron chi connectivity index (χ0n) is 14.9. The maximum absolute atomic E-state index is 10.8. The van der Waals surface area contributed by atoms with Crippen LogP contribution in [-0.4, -0.2) is 11.9 Å². The first-order valence-corrected chi connectivity index (χ1v) is 7.88. The van der Waals surface area contributed by atoms with Gasteiger partial charge in [0.25, 0.3) is 0 Å². The second-order valence-electron chi connectivity index (χ2n) is 5.84. The van der Waals surface area contributed by atoms with Crippen molar-refractivity contribution < 1.29 is 68.2 Å². The minimum absolute atomic E-state index is 0. The number of rotatable bonds is 13. The van der Waals surface area contributed by atoms with Gasteiger partial charge in [0.2, 0.25) is 0 Å². The van der Waals surface area contributed by atoms with Crippen LogP contribution < -0.4 is 58.6 Å². The Hall–Kier alpha value is 0.537. The van der Waals surface area contributed by atoms with Crippen molar-refractivity contribution in [2.75, 3.05) is 0 Å². The van der Waals surface area contributed by atoms with Crippen LogP contribution in [-0.2, 0) is 9.59 Å². The molecule has 0 aliphatic rings. The zero-order chi connectivity index (χ0) is 15.4. The molecule has 118 valence electrons. The Balaban J connectivity index is -0.00000180. The predicted molar refractivity (Wildman–Crippen MR) is 74.6 cm³/mol. The molecule has 0 aromatic heterocycles. The van der Waals surface area contributed by atoms with E-state index < -0.39 is 17.4 Å². The molecule has 0 aromatic carbocycles. The van der Waals surface area contributed by atoms with Gasteiger partial charge in [0.1, 0.15) is 0 Å². The maximum atomic E-state index is 10.8. The normalized spacial score (nSPS) is 10.5. The number of unbranched alkanes of at least 4 members (excludes halogenated alkanes) is 9. The van der Waals surface area contributed by atoms with E-state index >= 15 is 0 Å². The van der Waals surface area contributed by atoms with Gasteiger partial charge in [-0.1, -0.05) is 71.1 Å². The standard InChI is InChI=1S/C16H30O4.Li.Na/c1-3-4-5-6-7-8-9-10-11-12-13-16(2,14(17)18)15(19)20;;/h3-13H2,1-2H3,(H,17,18)(H,19,20);;/q;2*+1/p-2. The molecule has 0 radical (unpaired) electrons. The van der Waals surface area contributed by atoms with Gasteiger partial charge in [-0.3, -0.25) is 0 Å². The molecule has 0 rings (SSSR count). The molecular formula is C16H28LiNaO4. The molecule has 0 unspecified atom stereocenters. The Morgan fingerprint density at radius 2 is 1.09 bits per heavy atom. The summed E-state index contributed by atoms with van der Waals surface area (Å²) in [6.07, 6.45) is 11.4. The molecule has 0 aromatic rings. The van der Waals surface area contributed by atoms with Gasteiger partial charge >= 0.3 is 48.4 Å². The summed E-state index contributed by atoms with van der Waals surface area (Å²) < 4.78 is 0. The first kappa shape index (κ1) is 27.4. The SMILES string of the molecule is CCCCCCCCCCCCC(C)(C(=O)[O-])C(=O)[O-].[Li+].[Na+]. The third kappa shape index (κ3) is 12.0. The number of carboxylic acid groups (broad SMARTS) is 2. The van der Waals surface area contributed by atoms with Crippen LogP contribution in [0, 0.1) is 5.41 Å². The predicted octanol–water partition coefficient (Wildman–Crippen LogP) is -4.19. The molecule has 0 saturated carbocycles. The third-order valence-electron chi connectivity index (χ3n) is 3.93. The summed E-state index contributed by atoms with van der Waals surface area (Å²) in [5.41, 5.74) is -1.85. The van der Waals surface area contributed by atoms with Crippen LogP contribution in [0.1, 0.15) is 84.5 Å². The average Bonchev–Trinajstić information content (AvgIpc) is 2.40. The smallest absolute Gasteiger partial charge is 0.549 e. The molecule has 0 fully saturated rings. The largest absolute Gasteiger partial charge is 1.00 e. The van der Waals surface area contributed by atoms with Crippen LogP contribution in [0.2, 0.25) is 0 Å². The quantitative estimate of drug-likeness (QED) is 0.196. The molecule has 6 heteroatoms. The van der Waals surface area contributed by atoms with Crippen LogP contribution in [0.25, 0.3) is 0 Å². The summed E-state index contributed by atoms with van der Waals surface area (Å²) >= 11 is 0. The summed E-state index contributed by atoms with van der Waals surface area (Å²) in [6, 6.07) is 0. The first-order chi connectivity index (χ1) is 9.45. The van der Waals surface area contributed by atoms with Gasteiger partial charge in [-0.2, -0.15) is 0 Å². The second kappa shape index (κ2) is 16.4. The molecule has 0 atom stereocenters. The molecule has 4 nitrogen and oxygen atoms in total. The first-order valence-electron chi connectivity index (χ1n) is 7.88. The van der Waals surface area contributed by atoms with Gasteiger partial charge in [-0.25, -0.2) is 0 Å². The second-order valence-corrected chi connectivity index (χ2v) is 5.84. The molecule has 0 N–H and O–H groups in total. The van der Waals surface area contributed by atoms with E-state index in [9.17, 15) is 19.8 Å². The van der Waals surface area contributed by atoms with Crippen molar-refractivity contribution in [2.45, 2.75) is 84.5 Å². The summed E-state index contributed by atoms with van der Waals surface area (Å²) in [6.45, 7) is 3.37. The Labute approximate surface area is 169 Å². The molecule has 0 spiro atoms. The summed E-state index contributed by atoms with van der Waals surface area (Å²) in [5, 5.41) is 21.6. The van der Waals surface area contributed by atoms with Gasteiger partial charge in [0.15, 0.2) is 0 Å². The molecular weight excluding hydrogens is 286 g/mol. The van der Waals surface area contributed by atoms with E-state index in [4.69, 9.17) is 0 Å². The number of carboxylic acids is 2. The summed E-state index contributed by atoms with van der Waals surface area (Å²) in [5.74, 6) is -3.10. The van der Waals surface area contributed by atoms with Crippen molar-refractivity contribution >= 4 is 11.9 Å². The van der Waals surface area contributed by atoms with E-state index in [1.165, 1.54) is 45.4 Å². The van der Waals surface area contributed by atoms with E-state index in [2.05, 4.69) is 6.92 Å². The fraction of sp³-hybridized carbons (Fsp3) is 0.875. The van der Waals surface area contributed by atoms with Crippen molar-refractivity contribution in [3.05, 3.63) is 0 Å². The number of carbonyl (C=O) groups is 2. The monoisotopic (exact) mass is 314 g/mol.